The zero-order valence-corrected chi connectivity index (χ0v) is 17.0. The minimum absolute atomic E-state index is 0.249. The standard InChI is InChI=1S/C23H22FN5O/c1-15-12-16(2)29(28-15)22-14-25-13-21(26-22)27-23(17-4-8-19(24)9-5-17)18-6-10-20(30-3)11-7-18/h4-14,23H,1-3H3,(H,26,27). The lowest BCUT2D eigenvalue weighted by Gasteiger charge is -2.21. The van der Waals surface area contributed by atoms with E-state index in [2.05, 4.69) is 20.4 Å². The number of nitrogens with zero attached hydrogens (tertiary/aromatic N) is 4. The number of halogens is 1. The molecule has 2 heterocycles. The van der Waals surface area contributed by atoms with E-state index in [0.717, 1.165) is 28.3 Å². The number of hydrogen-bond donors (Lipinski definition) is 1. The van der Waals surface area contributed by atoms with Gasteiger partial charge in [-0.05, 0) is 55.3 Å². The Balaban J connectivity index is 1.70. The second-order valence-electron chi connectivity index (χ2n) is 7.00. The molecule has 0 amide bonds. The molecule has 0 saturated carbocycles. The molecule has 0 spiro atoms. The minimum Gasteiger partial charge on any atom is -0.497 e. The number of hydrogen-bond acceptors (Lipinski definition) is 5. The van der Waals surface area contributed by atoms with Gasteiger partial charge in [0.15, 0.2) is 5.82 Å². The first kappa shape index (κ1) is 19.6. The van der Waals surface area contributed by atoms with Crippen LogP contribution < -0.4 is 10.1 Å². The van der Waals surface area contributed by atoms with Crippen molar-refractivity contribution in [3.8, 4) is 11.6 Å². The quantitative estimate of drug-likeness (QED) is 0.509. The molecule has 0 radical (unpaired) electrons. The van der Waals surface area contributed by atoms with Crippen molar-refractivity contribution in [1.29, 1.82) is 0 Å². The summed E-state index contributed by atoms with van der Waals surface area (Å²) in [4.78, 5) is 9.01. The largest absolute Gasteiger partial charge is 0.497 e. The average Bonchev–Trinajstić information content (AvgIpc) is 3.11. The van der Waals surface area contributed by atoms with Crippen molar-refractivity contribution in [2.75, 3.05) is 12.4 Å². The van der Waals surface area contributed by atoms with Crippen LogP contribution in [0, 0.1) is 19.7 Å². The SMILES string of the molecule is COc1ccc(C(Nc2cncc(-n3nc(C)cc3C)n2)c2ccc(F)cc2)cc1. The molecule has 4 aromatic rings. The zero-order valence-electron chi connectivity index (χ0n) is 17.0. The molecule has 30 heavy (non-hydrogen) atoms. The van der Waals surface area contributed by atoms with Crippen LogP contribution in [-0.4, -0.2) is 26.9 Å². The topological polar surface area (TPSA) is 64.9 Å². The third-order valence-corrected chi connectivity index (χ3v) is 4.79. The number of aryl methyl sites for hydroxylation is 2. The fourth-order valence-electron chi connectivity index (χ4n) is 3.35. The lowest BCUT2D eigenvalue weighted by atomic mass is 9.98. The van der Waals surface area contributed by atoms with Gasteiger partial charge in [-0.25, -0.2) is 14.1 Å². The summed E-state index contributed by atoms with van der Waals surface area (Å²) in [5.41, 5.74) is 3.78. The van der Waals surface area contributed by atoms with Gasteiger partial charge in [0.25, 0.3) is 0 Å². The van der Waals surface area contributed by atoms with Crippen LogP contribution in [0.15, 0.2) is 67.0 Å². The molecular weight excluding hydrogens is 381 g/mol. The van der Waals surface area contributed by atoms with E-state index in [1.807, 2.05) is 44.2 Å². The summed E-state index contributed by atoms with van der Waals surface area (Å²) in [6.45, 7) is 3.91. The Bertz CT molecular complexity index is 1140. The number of methoxy groups -OCH3 is 1. The molecule has 1 unspecified atom stereocenters. The van der Waals surface area contributed by atoms with Crippen LogP contribution in [0.1, 0.15) is 28.6 Å². The highest BCUT2D eigenvalue weighted by atomic mass is 19.1. The molecule has 2 aromatic carbocycles. The van der Waals surface area contributed by atoms with Gasteiger partial charge in [0, 0.05) is 5.69 Å². The predicted octanol–water partition coefficient (Wildman–Crippen LogP) is 4.63. The van der Waals surface area contributed by atoms with Crippen molar-refractivity contribution in [2.24, 2.45) is 0 Å². The molecule has 1 N–H and O–H groups in total. The van der Waals surface area contributed by atoms with Gasteiger partial charge < -0.3 is 10.1 Å². The fraction of sp³-hybridized carbons (Fsp3) is 0.174. The maximum atomic E-state index is 13.5. The lowest BCUT2D eigenvalue weighted by molar-refractivity contribution is 0.414. The van der Waals surface area contributed by atoms with Crippen molar-refractivity contribution >= 4 is 5.82 Å². The van der Waals surface area contributed by atoms with Crippen molar-refractivity contribution < 1.29 is 9.13 Å². The van der Waals surface area contributed by atoms with Crippen molar-refractivity contribution in [3.63, 3.8) is 0 Å². The van der Waals surface area contributed by atoms with E-state index in [9.17, 15) is 4.39 Å². The van der Waals surface area contributed by atoms with E-state index in [-0.39, 0.29) is 11.9 Å². The van der Waals surface area contributed by atoms with Gasteiger partial charge in [0.2, 0.25) is 0 Å². The van der Waals surface area contributed by atoms with Gasteiger partial charge in [-0.1, -0.05) is 24.3 Å². The molecule has 0 aliphatic carbocycles. The molecule has 0 aliphatic rings. The summed E-state index contributed by atoms with van der Waals surface area (Å²) in [6, 6.07) is 15.9. The smallest absolute Gasteiger partial charge is 0.174 e. The van der Waals surface area contributed by atoms with Crippen LogP contribution in [-0.2, 0) is 0 Å². The van der Waals surface area contributed by atoms with Crippen LogP contribution >= 0.6 is 0 Å². The maximum Gasteiger partial charge on any atom is 0.174 e. The number of rotatable bonds is 6. The Labute approximate surface area is 174 Å². The molecule has 1 atom stereocenters. The fourth-order valence-corrected chi connectivity index (χ4v) is 3.35. The van der Waals surface area contributed by atoms with Gasteiger partial charge in [-0.3, -0.25) is 4.98 Å². The van der Waals surface area contributed by atoms with Gasteiger partial charge in [0.1, 0.15) is 17.4 Å². The summed E-state index contributed by atoms with van der Waals surface area (Å²) >= 11 is 0. The lowest BCUT2D eigenvalue weighted by Crippen LogP contribution is -2.14. The maximum absolute atomic E-state index is 13.5. The first-order chi connectivity index (χ1) is 14.5. The molecular formula is C23H22FN5O. The highest BCUT2D eigenvalue weighted by Crippen LogP contribution is 2.28. The van der Waals surface area contributed by atoms with Gasteiger partial charge in [-0.15, -0.1) is 0 Å². The predicted molar refractivity (Wildman–Crippen MR) is 113 cm³/mol. The summed E-state index contributed by atoms with van der Waals surface area (Å²) in [5, 5.41) is 7.90. The normalized spacial score (nSPS) is 11.9. The second kappa shape index (κ2) is 8.32. The molecule has 7 heteroatoms. The van der Waals surface area contributed by atoms with Crippen LogP contribution in [0.25, 0.3) is 5.82 Å². The van der Waals surface area contributed by atoms with Crippen LogP contribution in [0.3, 0.4) is 0 Å². The van der Waals surface area contributed by atoms with Crippen LogP contribution in [0.5, 0.6) is 5.75 Å². The van der Waals surface area contributed by atoms with Crippen LogP contribution in [0.2, 0.25) is 0 Å². The Morgan fingerprint density at radius 1 is 0.967 bits per heavy atom. The summed E-state index contributed by atoms with van der Waals surface area (Å²) in [6.07, 6.45) is 3.33. The number of benzene rings is 2. The van der Waals surface area contributed by atoms with E-state index in [0.29, 0.717) is 11.6 Å². The van der Waals surface area contributed by atoms with Crippen molar-refractivity contribution in [2.45, 2.75) is 19.9 Å². The number of anilines is 1. The van der Waals surface area contributed by atoms with Gasteiger partial charge in [-0.2, -0.15) is 5.10 Å². The van der Waals surface area contributed by atoms with E-state index in [1.54, 1.807) is 36.3 Å². The number of nitrogens with one attached hydrogen (secondary N) is 1. The molecule has 152 valence electrons. The third-order valence-electron chi connectivity index (χ3n) is 4.79. The molecule has 0 bridgehead atoms. The molecule has 2 aromatic heterocycles. The zero-order chi connectivity index (χ0) is 21.1. The first-order valence-electron chi connectivity index (χ1n) is 9.55. The highest BCUT2D eigenvalue weighted by Gasteiger charge is 2.16. The highest BCUT2D eigenvalue weighted by molar-refractivity contribution is 5.46. The minimum atomic E-state index is -0.279. The van der Waals surface area contributed by atoms with E-state index >= 15 is 0 Å². The molecule has 0 aliphatic heterocycles. The Morgan fingerprint density at radius 3 is 2.23 bits per heavy atom. The average molecular weight is 403 g/mol. The molecule has 6 nitrogen and oxygen atoms in total. The van der Waals surface area contributed by atoms with E-state index in [4.69, 9.17) is 4.74 Å². The number of aromatic nitrogens is 4. The second-order valence-corrected chi connectivity index (χ2v) is 7.00. The Kier molecular flexibility index (Phi) is 5.43. The monoisotopic (exact) mass is 403 g/mol. The summed E-state index contributed by atoms with van der Waals surface area (Å²) in [5.74, 6) is 1.70. The molecule has 0 fully saturated rings. The van der Waals surface area contributed by atoms with E-state index in [1.165, 1.54) is 12.1 Å². The number of ether oxygens (including phenoxy) is 1. The molecule has 4 rings (SSSR count). The van der Waals surface area contributed by atoms with Crippen molar-refractivity contribution in [1.82, 2.24) is 19.7 Å². The summed E-state index contributed by atoms with van der Waals surface area (Å²) in [7, 11) is 1.63. The third kappa shape index (κ3) is 4.15. The van der Waals surface area contributed by atoms with Crippen molar-refractivity contribution in [3.05, 3.63) is 95.3 Å². The van der Waals surface area contributed by atoms with Gasteiger partial charge in [0.05, 0.1) is 31.2 Å². The van der Waals surface area contributed by atoms with Gasteiger partial charge >= 0.3 is 0 Å². The van der Waals surface area contributed by atoms with Crippen LogP contribution in [0.4, 0.5) is 10.2 Å². The Morgan fingerprint density at radius 2 is 1.63 bits per heavy atom. The summed E-state index contributed by atoms with van der Waals surface area (Å²) < 4.78 is 20.5. The molecule has 0 saturated heterocycles. The Hall–Kier alpha value is -3.74. The van der Waals surface area contributed by atoms with E-state index < -0.39 is 0 Å². The first-order valence-corrected chi connectivity index (χ1v) is 9.55.